The van der Waals surface area contributed by atoms with E-state index in [0.717, 1.165) is 17.0 Å². The number of piperidine rings is 1. The smallest absolute Gasteiger partial charge is 0.266 e. The Kier molecular flexibility index (Phi) is 6.72. The van der Waals surface area contributed by atoms with E-state index in [9.17, 15) is 10.1 Å². The molecule has 1 aliphatic heterocycles. The summed E-state index contributed by atoms with van der Waals surface area (Å²) >= 11 is 0. The van der Waals surface area contributed by atoms with Crippen LogP contribution in [-0.2, 0) is 11.2 Å². The molecule has 0 spiro atoms. The fraction of sp³-hybridized carbons (Fsp3) is 0.250. The molecular weight excluding hydrogens is 456 g/mol. The molecule has 0 saturated carbocycles. The minimum Gasteiger partial charge on any atom is -0.496 e. The zero-order chi connectivity index (χ0) is 24.9. The molecule has 4 aromatic rings. The molecular formula is C28H26N4O4. The molecule has 5 rings (SSSR count). The molecule has 8 nitrogen and oxygen atoms in total. The predicted octanol–water partition coefficient (Wildman–Crippen LogP) is 5.26. The third-order valence-electron chi connectivity index (χ3n) is 6.39. The van der Waals surface area contributed by atoms with Gasteiger partial charge in [-0.2, -0.15) is 10.2 Å². The van der Waals surface area contributed by atoms with Gasteiger partial charge in [-0.3, -0.25) is 4.79 Å². The second-order valence-electron chi connectivity index (χ2n) is 8.70. The first-order valence-corrected chi connectivity index (χ1v) is 11.9. The number of aromatic nitrogens is 1. The van der Waals surface area contributed by atoms with Crippen molar-refractivity contribution < 1.29 is 18.4 Å². The molecule has 2 aromatic heterocycles. The first kappa shape index (κ1) is 23.2. The van der Waals surface area contributed by atoms with Crippen molar-refractivity contribution in [2.75, 3.05) is 30.4 Å². The van der Waals surface area contributed by atoms with E-state index in [1.807, 2.05) is 41.3 Å². The quantitative estimate of drug-likeness (QED) is 0.383. The van der Waals surface area contributed by atoms with Crippen molar-refractivity contribution in [3.05, 3.63) is 83.7 Å². The normalized spacial score (nSPS) is 13.8. The van der Waals surface area contributed by atoms with Crippen molar-refractivity contribution in [1.82, 2.24) is 4.98 Å². The van der Waals surface area contributed by atoms with Gasteiger partial charge in [0.05, 0.1) is 13.4 Å². The number of furan rings is 1. The number of nitriles is 1. The summed E-state index contributed by atoms with van der Waals surface area (Å²) in [6, 6.07) is 21.5. The van der Waals surface area contributed by atoms with Crippen LogP contribution in [0.1, 0.15) is 29.7 Å². The van der Waals surface area contributed by atoms with Crippen LogP contribution in [0.2, 0.25) is 0 Å². The summed E-state index contributed by atoms with van der Waals surface area (Å²) in [4.78, 5) is 19.3. The lowest BCUT2D eigenvalue weighted by Crippen LogP contribution is -2.38. The number of rotatable bonds is 7. The monoisotopic (exact) mass is 482 g/mol. The van der Waals surface area contributed by atoms with Crippen molar-refractivity contribution >= 4 is 17.5 Å². The largest absolute Gasteiger partial charge is 0.496 e. The Morgan fingerprint density at radius 3 is 2.67 bits per heavy atom. The van der Waals surface area contributed by atoms with Crippen LogP contribution in [0.5, 0.6) is 5.75 Å². The van der Waals surface area contributed by atoms with Crippen LogP contribution >= 0.6 is 0 Å². The fourth-order valence-corrected chi connectivity index (χ4v) is 4.50. The van der Waals surface area contributed by atoms with E-state index in [-0.39, 0.29) is 23.4 Å². The number of nitrogens with one attached hydrogen (secondary N) is 1. The maximum Gasteiger partial charge on any atom is 0.266 e. The standard InChI is InChI=1S/C28H26N4O4/c1-34-24-10-9-22(17-21(24)16-19-6-3-2-4-7-19)30-26(33)20-11-13-32(14-12-20)28-23(18-29)31-27(36-28)25-8-5-15-35-25/h2-10,15,17,20H,11-14,16H2,1H3,(H,30,33). The van der Waals surface area contributed by atoms with E-state index in [0.29, 0.717) is 44.0 Å². The molecule has 0 atom stereocenters. The SMILES string of the molecule is COc1ccc(NC(=O)C2CCN(c3oc(-c4ccco4)nc3C#N)CC2)cc1Cc1ccccc1. The van der Waals surface area contributed by atoms with E-state index in [1.54, 1.807) is 19.2 Å². The second-order valence-corrected chi connectivity index (χ2v) is 8.70. The van der Waals surface area contributed by atoms with Gasteiger partial charge in [-0.25, -0.2) is 0 Å². The molecule has 3 heterocycles. The Balaban J connectivity index is 1.23. The van der Waals surface area contributed by atoms with E-state index in [1.165, 1.54) is 11.8 Å². The average molecular weight is 483 g/mol. The van der Waals surface area contributed by atoms with Gasteiger partial charge in [0.1, 0.15) is 11.8 Å². The summed E-state index contributed by atoms with van der Waals surface area (Å²) in [5.41, 5.74) is 3.15. The number of amides is 1. The van der Waals surface area contributed by atoms with E-state index < -0.39 is 0 Å². The Bertz CT molecular complexity index is 1360. The molecule has 0 aliphatic carbocycles. The third kappa shape index (κ3) is 4.96. The number of methoxy groups -OCH3 is 1. The molecule has 1 amide bonds. The van der Waals surface area contributed by atoms with Gasteiger partial charge < -0.3 is 23.8 Å². The van der Waals surface area contributed by atoms with Crippen molar-refractivity contribution in [1.29, 1.82) is 5.26 Å². The number of hydrogen-bond acceptors (Lipinski definition) is 7. The minimum absolute atomic E-state index is 0.0140. The van der Waals surface area contributed by atoms with Gasteiger partial charge in [0.2, 0.25) is 17.5 Å². The molecule has 1 fully saturated rings. The summed E-state index contributed by atoms with van der Waals surface area (Å²) in [5.74, 6) is 1.80. The molecule has 0 radical (unpaired) electrons. The lowest BCUT2D eigenvalue weighted by Gasteiger charge is -2.31. The zero-order valence-electron chi connectivity index (χ0n) is 19.9. The Morgan fingerprint density at radius 1 is 1.17 bits per heavy atom. The summed E-state index contributed by atoms with van der Waals surface area (Å²) < 4.78 is 16.7. The van der Waals surface area contributed by atoms with Crippen LogP contribution in [0.15, 0.2) is 75.8 Å². The maximum absolute atomic E-state index is 13.1. The van der Waals surface area contributed by atoms with Crippen molar-refractivity contribution in [3.63, 3.8) is 0 Å². The molecule has 0 bridgehead atoms. The molecule has 2 aromatic carbocycles. The highest BCUT2D eigenvalue weighted by molar-refractivity contribution is 5.93. The molecule has 36 heavy (non-hydrogen) atoms. The summed E-state index contributed by atoms with van der Waals surface area (Å²) in [6.07, 6.45) is 3.52. The van der Waals surface area contributed by atoms with Crippen molar-refractivity contribution in [2.24, 2.45) is 5.92 Å². The van der Waals surface area contributed by atoms with Crippen molar-refractivity contribution in [3.8, 4) is 23.5 Å². The molecule has 1 aliphatic rings. The number of carbonyl (C=O) groups is 1. The molecule has 182 valence electrons. The Hall–Kier alpha value is -4.51. The average Bonchev–Trinajstić information content (AvgIpc) is 3.60. The fourth-order valence-electron chi connectivity index (χ4n) is 4.50. The lowest BCUT2D eigenvalue weighted by atomic mass is 9.95. The van der Waals surface area contributed by atoms with Gasteiger partial charge in [0.15, 0.2) is 5.76 Å². The predicted molar refractivity (Wildman–Crippen MR) is 135 cm³/mol. The van der Waals surface area contributed by atoms with Crippen LogP contribution in [0.25, 0.3) is 11.7 Å². The van der Waals surface area contributed by atoms with Crippen LogP contribution in [0.4, 0.5) is 11.6 Å². The van der Waals surface area contributed by atoms with E-state index in [4.69, 9.17) is 13.6 Å². The summed E-state index contributed by atoms with van der Waals surface area (Å²) in [7, 11) is 1.65. The van der Waals surface area contributed by atoms with E-state index >= 15 is 0 Å². The minimum atomic E-state index is -0.140. The molecule has 1 saturated heterocycles. The van der Waals surface area contributed by atoms with Crippen LogP contribution < -0.4 is 15.0 Å². The first-order chi connectivity index (χ1) is 17.6. The number of nitrogens with zero attached hydrogens (tertiary/aromatic N) is 3. The Labute approximate surface area is 209 Å². The molecule has 0 unspecified atom stereocenters. The maximum atomic E-state index is 13.1. The van der Waals surface area contributed by atoms with Crippen LogP contribution in [0.3, 0.4) is 0 Å². The first-order valence-electron chi connectivity index (χ1n) is 11.9. The summed E-state index contributed by atoms with van der Waals surface area (Å²) in [6.45, 7) is 1.17. The van der Waals surface area contributed by atoms with Crippen LogP contribution in [0, 0.1) is 17.2 Å². The topological polar surface area (TPSA) is 105 Å². The van der Waals surface area contributed by atoms with Crippen LogP contribution in [-0.4, -0.2) is 31.1 Å². The number of hydrogen-bond donors (Lipinski definition) is 1. The number of ether oxygens (including phenoxy) is 1. The Morgan fingerprint density at radius 2 is 1.97 bits per heavy atom. The van der Waals surface area contributed by atoms with Gasteiger partial charge in [-0.05, 0) is 48.7 Å². The highest BCUT2D eigenvalue weighted by Gasteiger charge is 2.29. The molecule has 1 N–H and O–H groups in total. The third-order valence-corrected chi connectivity index (χ3v) is 6.39. The van der Waals surface area contributed by atoms with E-state index in [2.05, 4.69) is 28.5 Å². The highest BCUT2D eigenvalue weighted by Crippen LogP contribution is 2.32. The van der Waals surface area contributed by atoms with Gasteiger partial charge in [-0.15, -0.1) is 0 Å². The van der Waals surface area contributed by atoms with Gasteiger partial charge in [0.25, 0.3) is 5.89 Å². The lowest BCUT2D eigenvalue weighted by molar-refractivity contribution is -0.120. The number of anilines is 2. The van der Waals surface area contributed by atoms with Crippen molar-refractivity contribution in [2.45, 2.75) is 19.3 Å². The highest BCUT2D eigenvalue weighted by atomic mass is 16.5. The zero-order valence-corrected chi connectivity index (χ0v) is 19.9. The number of carbonyl (C=O) groups excluding carboxylic acids is 1. The van der Waals surface area contributed by atoms with Gasteiger partial charge >= 0.3 is 0 Å². The number of benzene rings is 2. The second kappa shape index (κ2) is 10.4. The van der Waals surface area contributed by atoms with Gasteiger partial charge in [-0.1, -0.05) is 30.3 Å². The summed E-state index contributed by atoms with van der Waals surface area (Å²) in [5, 5.41) is 12.6. The molecule has 8 heteroatoms. The number of oxazole rings is 1. The van der Waals surface area contributed by atoms with Gasteiger partial charge in [0, 0.05) is 36.7 Å².